The van der Waals surface area contributed by atoms with Gasteiger partial charge in [-0.15, -0.1) is 0 Å². The first kappa shape index (κ1) is 16.0. The summed E-state index contributed by atoms with van der Waals surface area (Å²) in [5, 5.41) is 2.56. The third-order valence-electron chi connectivity index (χ3n) is 3.31. The minimum Gasteiger partial charge on any atom is -0.464 e. The molecule has 19 heavy (non-hydrogen) atoms. The highest BCUT2D eigenvalue weighted by Crippen LogP contribution is 2.23. The second-order valence-electron chi connectivity index (χ2n) is 5.05. The number of hydrogen-bond donors (Lipinski definition) is 1. The largest absolute Gasteiger partial charge is 0.464 e. The number of nitrogens with one attached hydrogen (secondary N) is 1. The zero-order valence-electron chi connectivity index (χ0n) is 11.9. The van der Waals surface area contributed by atoms with E-state index in [1.165, 1.54) is 39.0 Å². The number of rotatable bonds is 7. The molecule has 0 aliphatic heterocycles. The van der Waals surface area contributed by atoms with Gasteiger partial charge in [0, 0.05) is 13.5 Å². The van der Waals surface area contributed by atoms with Gasteiger partial charge < -0.3 is 14.8 Å². The molecule has 0 aromatic heterocycles. The topological polar surface area (TPSA) is 64.6 Å². The fraction of sp³-hybridized carbons (Fsp3) is 0.857. The van der Waals surface area contributed by atoms with E-state index in [-0.39, 0.29) is 12.5 Å². The molecule has 1 rings (SSSR count). The van der Waals surface area contributed by atoms with Crippen LogP contribution in [0.1, 0.15) is 46.0 Å². The van der Waals surface area contributed by atoms with Crippen molar-refractivity contribution < 1.29 is 19.1 Å². The SMILES string of the molecule is CCOC(=O)[C@@H](COCC1CCCCC1)NC(C)=O. The fourth-order valence-electron chi connectivity index (χ4n) is 2.36. The molecule has 1 amide bonds. The molecule has 5 heteroatoms. The number of hydrogen-bond acceptors (Lipinski definition) is 4. The highest BCUT2D eigenvalue weighted by Gasteiger charge is 2.22. The molecular weight excluding hydrogens is 246 g/mol. The summed E-state index contributed by atoms with van der Waals surface area (Å²) in [4.78, 5) is 22.7. The number of amides is 1. The van der Waals surface area contributed by atoms with E-state index >= 15 is 0 Å². The lowest BCUT2D eigenvalue weighted by molar-refractivity contribution is -0.149. The molecule has 0 saturated heterocycles. The average Bonchev–Trinajstić information content (AvgIpc) is 2.38. The summed E-state index contributed by atoms with van der Waals surface area (Å²) in [5.74, 6) is -0.0883. The van der Waals surface area contributed by atoms with Crippen molar-refractivity contribution in [2.75, 3.05) is 19.8 Å². The summed E-state index contributed by atoms with van der Waals surface area (Å²) in [6, 6.07) is -0.693. The number of ether oxygens (including phenoxy) is 2. The van der Waals surface area contributed by atoms with E-state index in [9.17, 15) is 9.59 Å². The molecule has 1 saturated carbocycles. The Balaban J connectivity index is 2.30. The van der Waals surface area contributed by atoms with Gasteiger partial charge in [-0.25, -0.2) is 4.79 Å². The van der Waals surface area contributed by atoms with Crippen LogP contribution in [0.2, 0.25) is 0 Å². The Morgan fingerprint density at radius 2 is 1.95 bits per heavy atom. The molecule has 1 aliphatic rings. The van der Waals surface area contributed by atoms with Gasteiger partial charge in [0.2, 0.25) is 5.91 Å². The Hall–Kier alpha value is -1.10. The van der Waals surface area contributed by atoms with Crippen molar-refractivity contribution in [1.29, 1.82) is 0 Å². The van der Waals surface area contributed by atoms with Crippen LogP contribution in [0.4, 0.5) is 0 Å². The molecule has 1 N–H and O–H groups in total. The molecule has 0 spiro atoms. The fourth-order valence-corrected chi connectivity index (χ4v) is 2.36. The zero-order chi connectivity index (χ0) is 14.1. The van der Waals surface area contributed by atoms with Gasteiger partial charge in [-0.2, -0.15) is 0 Å². The number of carbonyl (C=O) groups is 2. The molecule has 0 unspecified atom stereocenters. The van der Waals surface area contributed by atoms with E-state index in [2.05, 4.69) is 5.32 Å². The highest BCUT2D eigenvalue weighted by atomic mass is 16.5. The van der Waals surface area contributed by atoms with Gasteiger partial charge in [0.15, 0.2) is 6.04 Å². The molecule has 0 heterocycles. The normalized spacial score (nSPS) is 17.8. The van der Waals surface area contributed by atoms with Crippen LogP contribution in [0.15, 0.2) is 0 Å². The third-order valence-corrected chi connectivity index (χ3v) is 3.31. The van der Waals surface area contributed by atoms with E-state index < -0.39 is 12.0 Å². The van der Waals surface area contributed by atoms with E-state index in [0.29, 0.717) is 19.1 Å². The van der Waals surface area contributed by atoms with Crippen LogP contribution < -0.4 is 5.32 Å². The summed E-state index contributed by atoms with van der Waals surface area (Å²) in [6.45, 7) is 4.28. The lowest BCUT2D eigenvalue weighted by atomic mass is 9.90. The summed E-state index contributed by atoms with van der Waals surface area (Å²) in [7, 11) is 0. The van der Waals surface area contributed by atoms with Crippen molar-refractivity contribution in [3.8, 4) is 0 Å². The highest BCUT2D eigenvalue weighted by molar-refractivity contribution is 5.83. The van der Waals surface area contributed by atoms with Crippen LogP contribution in [-0.4, -0.2) is 37.7 Å². The molecule has 1 fully saturated rings. The van der Waals surface area contributed by atoms with Crippen molar-refractivity contribution in [1.82, 2.24) is 5.32 Å². The Bertz CT molecular complexity index is 287. The van der Waals surface area contributed by atoms with Crippen LogP contribution in [0, 0.1) is 5.92 Å². The Kier molecular flexibility index (Phi) is 7.48. The van der Waals surface area contributed by atoms with Crippen LogP contribution in [0.25, 0.3) is 0 Å². The number of carbonyl (C=O) groups excluding carboxylic acids is 2. The first-order chi connectivity index (χ1) is 9.13. The quantitative estimate of drug-likeness (QED) is 0.715. The predicted molar refractivity (Wildman–Crippen MR) is 71.6 cm³/mol. The predicted octanol–water partition coefficient (Wildman–Crippen LogP) is 1.65. The van der Waals surface area contributed by atoms with E-state index in [0.717, 1.165) is 0 Å². The number of esters is 1. The maximum absolute atomic E-state index is 11.6. The van der Waals surface area contributed by atoms with E-state index in [4.69, 9.17) is 9.47 Å². The van der Waals surface area contributed by atoms with Crippen molar-refractivity contribution in [2.45, 2.75) is 52.0 Å². The van der Waals surface area contributed by atoms with Crippen LogP contribution in [0.5, 0.6) is 0 Å². The molecule has 0 radical (unpaired) electrons. The van der Waals surface area contributed by atoms with Gasteiger partial charge in [-0.1, -0.05) is 19.3 Å². The monoisotopic (exact) mass is 271 g/mol. The Morgan fingerprint density at radius 1 is 1.26 bits per heavy atom. The van der Waals surface area contributed by atoms with Crippen molar-refractivity contribution >= 4 is 11.9 Å². The molecule has 110 valence electrons. The van der Waals surface area contributed by atoms with Crippen molar-refractivity contribution in [3.63, 3.8) is 0 Å². The standard InChI is InChI=1S/C14H25NO4/c1-3-19-14(17)13(15-11(2)16)10-18-9-12-7-5-4-6-8-12/h12-13H,3-10H2,1-2H3,(H,15,16)/t13-/m1/s1. The van der Waals surface area contributed by atoms with Gasteiger partial charge >= 0.3 is 5.97 Å². The van der Waals surface area contributed by atoms with Crippen molar-refractivity contribution in [2.24, 2.45) is 5.92 Å². The Labute approximate surface area is 115 Å². The van der Waals surface area contributed by atoms with E-state index in [1.54, 1.807) is 6.92 Å². The molecular formula is C14H25NO4. The minimum atomic E-state index is -0.693. The maximum Gasteiger partial charge on any atom is 0.331 e. The third kappa shape index (κ3) is 6.57. The first-order valence-electron chi connectivity index (χ1n) is 7.15. The molecule has 5 nitrogen and oxygen atoms in total. The molecule has 1 atom stereocenters. The minimum absolute atomic E-state index is 0.189. The van der Waals surface area contributed by atoms with Gasteiger partial charge in [-0.05, 0) is 25.7 Å². The second-order valence-corrected chi connectivity index (χ2v) is 5.05. The molecule has 0 aromatic carbocycles. The molecule has 1 aliphatic carbocycles. The average molecular weight is 271 g/mol. The summed E-state index contributed by atoms with van der Waals surface area (Å²) < 4.78 is 10.5. The first-order valence-corrected chi connectivity index (χ1v) is 7.15. The van der Waals surface area contributed by atoms with Crippen LogP contribution in [0.3, 0.4) is 0 Å². The zero-order valence-corrected chi connectivity index (χ0v) is 11.9. The molecule has 0 aromatic rings. The molecule has 0 bridgehead atoms. The summed E-state index contributed by atoms with van der Waals surface area (Å²) in [6.07, 6.45) is 6.24. The van der Waals surface area contributed by atoms with Crippen molar-refractivity contribution in [3.05, 3.63) is 0 Å². The summed E-state index contributed by atoms with van der Waals surface area (Å²) in [5.41, 5.74) is 0. The maximum atomic E-state index is 11.6. The van der Waals surface area contributed by atoms with Gasteiger partial charge in [-0.3, -0.25) is 4.79 Å². The Morgan fingerprint density at radius 3 is 2.53 bits per heavy atom. The van der Waals surface area contributed by atoms with Gasteiger partial charge in [0.25, 0.3) is 0 Å². The van der Waals surface area contributed by atoms with Crippen LogP contribution in [-0.2, 0) is 19.1 Å². The van der Waals surface area contributed by atoms with Gasteiger partial charge in [0.1, 0.15) is 0 Å². The van der Waals surface area contributed by atoms with E-state index in [1.807, 2.05) is 0 Å². The smallest absolute Gasteiger partial charge is 0.331 e. The lowest BCUT2D eigenvalue weighted by Crippen LogP contribution is -2.44. The lowest BCUT2D eigenvalue weighted by Gasteiger charge is -2.23. The van der Waals surface area contributed by atoms with Crippen LogP contribution >= 0.6 is 0 Å². The summed E-state index contributed by atoms with van der Waals surface area (Å²) >= 11 is 0. The van der Waals surface area contributed by atoms with Gasteiger partial charge in [0.05, 0.1) is 13.2 Å². The second kappa shape index (κ2) is 8.91.